The number of urea groups is 2. The van der Waals surface area contributed by atoms with Gasteiger partial charge in [0.05, 0.1) is 0 Å². The molecule has 0 radical (unpaired) electrons. The fourth-order valence-electron chi connectivity index (χ4n) is 12.5. The van der Waals surface area contributed by atoms with Gasteiger partial charge in [-0.1, -0.05) is 48.5 Å². The molecule has 0 aliphatic heterocycles. The summed E-state index contributed by atoms with van der Waals surface area (Å²) in [7, 11) is 0. The Balaban J connectivity index is 0.872. The van der Waals surface area contributed by atoms with Crippen molar-refractivity contribution in [3.8, 4) is 0 Å². The summed E-state index contributed by atoms with van der Waals surface area (Å²) in [4.78, 5) is 29.0. The first-order valence-corrected chi connectivity index (χ1v) is 19.1. The molecule has 8 aliphatic rings. The number of rotatable bonds is 10. The van der Waals surface area contributed by atoms with Crippen LogP contribution in [0.5, 0.6) is 0 Å². The Bertz CT molecular complexity index is 1510. The van der Waals surface area contributed by atoms with Crippen molar-refractivity contribution in [1.29, 1.82) is 0 Å². The van der Waals surface area contributed by atoms with Crippen molar-refractivity contribution < 1.29 is 9.59 Å². The van der Waals surface area contributed by atoms with E-state index in [-0.39, 0.29) is 23.1 Å². The molecule has 8 fully saturated rings. The summed E-state index contributed by atoms with van der Waals surface area (Å²) >= 11 is 0. The van der Waals surface area contributed by atoms with Crippen LogP contribution in [-0.2, 0) is 6.54 Å². The Kier molecular flexibility index (Phi) is 7.82. The first-order chi connectivity index (χ1) is 23.4. The van der Waals surface area contributed by atoms with Crippen LogP contribution in [0.3, 0.4) is 0 Å². The number of carbonyl (C=O) groups is 2. The summed E-state index contributed by atoms with van der Waals surface area (Å²) in [6.07, 6.45) is 15.2. The van der Waals surface area contributed by atoms with Crippen molar-refractivity contribution in [1.82, 2.24) is 26.2 Å². The number of amides is 4. The van der Waals surface area contributed by atoms with E-state index in [9.17, 15) is 9.59 Å². The van der Waals surface area contributed by atoms with Gasteiger partial charge in [-0.3, -0.25) is 4.90 Å². The summed E-state index contributed by atoms with van der Waals surface area (Å²) in [5.41, 5.74) is 1.32. The highest BCUT2D eigenvalue weighted by Crippen LogP contribution is 2.56. The van der Waals surface area contributed by atoms with Crippen molar-refractivity contribution in [2.75, 3.05) is 26.2 Å². The fraction of sp³-hybridized carbons (Fsp3) is 0.610. The molecule has 8 saturated carbocycles. The van der Waals surface area contributed by atoms with Gasteiger partial charge < -0.3 is 21.3 Å². The summed E-state index contributed by atoms with van der Waals surface area (Å²) < 4.78 is 0. The third-order valence-electron chi connectivity index (χ3n) is 13.5. The molecule has 254 valence electrons. The molecular weight excluding hydrogens is 594 g/mol. The van der Waals surface area contributed by atoms with Crippen LogP contribution in [0.4, 0.5) is 9.59 Å². The molecule has 7 heteroatoms. The molecule has 0 spiro atoms. The van der Waals surface area contributed by atoms with Gasteiger partial charge in [-0.25, -0.2) is 9.59 Å². The van der Waals surface area contributed by atoms with E-state index >= 15 is 0 Å². The maximum Gasteiger partial charge on any atom is 0.315 e. The first kappa shape index (κ1) is 30.7. The summed E-state index contributed by atoms with van der Waals surface area (Å²) in [5.74, 6) is 4.81. The largest absolute Gasteiger partial charge is 0.337 e. The Morgan fingerprint density at radius 2 is 0.958 bits per heavy atom. The molecule has 0 saturated heterocycles. The van der Waals surface area contributed by atoms with Crippen molar-refractivity contribution in [2.24, 2.45) is 35.5 Å². The van der Waals surface area contributed by atoms with E-state index in [0.29, 0.717) is 26.2 Å². The highest BCUT2D eigenvalue weighted by atomic mass is 16.2. The second-order valence-electron chi connectivity index (χ2n) is 17.2. The predicted octanol–water partition coefficient (Wildman–Crippen LogP) is 7.33. The van der Waals surface area contributed by atoms with Crippen molar-refractivity contribution in [3.63, 3.8) is 0 Å². The van der Waals surface area contributed by atoms with Gasteiger partial charge in [-0.15, -0.1) is 0 Å². The minimum Gasteiger partial charge on any atom is -0.337 e. The van der Waals surface area contributed by atoms with E-state index in [1.165, 1.54) is 65.6 Å². The average Bonchev–Trinajstić information content (AvgIpc) is 3.02. The number of benzene rings is 3. The topological polar surface area (TPSA) is 85.5 Å². The zero-order valence-electron chi connectivity index (χ0n) is 28.4. The summed E-state index contributed by atoms with van der Waals surface area (Å²) in [5, 5.41) is 18.5. The third-order valence-corrected chi connectivity index (χ3v) is 13.5. The lowest BCUT2D eigenvalue weighted by atomic mass is 9.53. The molecule has 11 rings (SSSR count). The normalized spacial score (nSPS) is 34.2. The molecule has 0 atom stereocenters. The first-order valence-electron chi connectivity index (χ1n) is 19.1. The molecule has 0 unspecified atom stereocenters. The molecule has 7 nitrogen and oxygen atoms in total. The number of nitrogens with one attached hydrogen (secondary N) is 4. The molecule has 8 aliphatic carbocycles. The third kappa shape index (κ3) is 6.05. The van der Waals surface area contributed by atoms with Crippen LogP contribution in [-0.4, -0.2) is 54.2 Å². The smallest absolute Gasteiger partial charge is 0.315 e. The van der Waals surface area contributed by atoms with Gasteiger partial charge in [0.25, 0.3) is 0 Å². The molecule has 4 N–H and O–H groups in total. The fourth-order valence-corrected chi connectivity index (χ4v) is 12.5. The Morgan fingerprint density at radius 1 is 0.583 bits per heavy atom. The Labute approximate surface area is 285 Å². The highest BCUT2D eigenvalue weighted by molar-refractivity contribution is 6.02. The molecule has 3 aromatic rings. The van der Waals surface area contributed by atoms with Gasteiger partial charge in [0.2, 0.25) is 0 Å². The molecule has 3 aromatic carbocycles. The Hall–Kier alpha value is -3.32. The monoisotopic (exact) mass is 647 g/mol. The van der Waals surface area contributed by atoms with Crippen LogP contribution >= 0.6 is 0 Å². The maximum absolute atomic E-state index is 13.3. The number of fused-ring (bicyclic) bond motifs is 2. The number of nitrogens with zero attached hydrogens (tertiary/aromatic N) is 1. The number of hydrogen-bond acceptors (Lipinski definition) is 3. The summed E-state index contributed by atoms with van der Waals surface area (Å²) in [6.45, 7) is 3.31. The van der Waals surface area contributed by atoms with Gasteiger partial charge in [0.1, 0.15) is 0 Å². The quantitative estimate of drug-likeness (QED) is 0.174. The van der Waals surface area contributed by atoms with E-state index in [1.807, 2.05) is 0 Å². The number of carbonyl (C=O) groups excluding carboxylic acids is 2. The molecular formula is C41H53N5O2. The SMILES string of the molecule is O=C(NCCN(CCNC(=O)NC12CC3CC(CC(C3)C1)C2)Cc1c2ccccc2cc2ccccc12)NC12CC3CC(CC(C3)C1)C2. The van der Waals surface area contributed by atoms with Crippen molar-refractivity contribution in [2.45, 2.75) is 94.7 Å². The van der Waals surface area contributed by atoms with E-state index in [1.54, 1.807) is 0 Å². The van der Waals surface area contributed by atoms with Crippen LogP contribution in [0.1, 0.15) is 82.6 Å². The van der Waals surface area contributed by atoms with Gasteiger partial charge in [-0.2, -0.15) is 0 Å². The second kappa shape index (κ2) is 12.2. The van der Waals surface area contributed by atoms with E-state index in [2.05, 4.69) is 80.8 Å². The minimum absolute atomic E-state index is 0.00830. The lowest BCUT2D eigenvalue weighted by molar-refractivity contribution is -0.0137. The van der Waals surface area contributed by atoms with Gasteiger partial charge in [0, 0.05) is 43.8 Å². The van der Waals surface area contributed by atoms with Crippen LogP contribution in [0, 0.1) is 35.5 Å². The molecule has 0 heterocycles. The molecule has 48 heavy (non-hydrogen) atoms. The maximum atomic E-state index is 13.3. The van der Waals surface area contributed by atoms with Crippen molar-refractivity contribution >= 4 is 33.6 Å². The van der Waals surface area contributed by atoms with Crippen LogP contribution in [0.2, 0.25) is 0 Å². The zero-order valence-corrected chi connectivity index (χ0v) is 28.4. The lowest BCUT2D eigenvalue weighted by Gasteiger charge is -2.56. The molecule has 0 aromatic heterocycles. The van der Waals surface area contributed by atoms with E-state index < -0.39 is 0 Å². The molecule has 8 bridgehead atoms. The van der Waals surface area contributed by atoms with Crippen LogP contribution in [0.15, 0.2) is 54.6 Å². The second-order valence-corrected chi connectivity index (χ2v) is 17.2. The summed E-state index contributed by atoms with van der Waals surface area (Å²) in [6, 6.07) is 19.6. The molecule has 4 amide bonds. The van der Waals surface area contributed by atoms with E-state index in [0.717, 1.165) is 80.6 Å². The van der Waals surface area contributed by atoms with Crippen molar-refractivity contribution in [3.05, 3.63) is 60.2 Å². The van der Waals surface area contributed by atoms with Gasteiger partial charge in [0.15, 0.2) is 0 Å². The zero-order chi connectivity index (χ0) is 32.3. The Morgan fingerprint density at radius 3 is 1.35 bits per heavy atom. The minimum atomic E-state index is -0.0133. The van der Waals surface area contributed by atoms with Crippen LogP contribution < -0.4 is 21.3 Å². The number of hydrogen-bond donors (Lipinski definition) is 4. The highest BCUT2D eigenvalue weighted by Gasteiger charge is 2.52. The van der Waals surface area contributed by atoms with Gasteiger partial charge in [-0.05, 0) is 146 Å². The van der Waals surface area contributed by atoms with Gasteiger partial charge >= 0.3 is 12.1 Å². The lowest BCUT2D eigenvalue weighted by Crippen LogP contribution is -2.61. The average molecular weight is 648 g/mol. The standard InChI is InChI=1S/C41H53N5O2/c47-38(44-40-20-27-13-28(21-40)15-29(14-27)22-40)42-9-11-46(26-37-35-7-3-1-5-33(35)19-34-6-2-4-8-36(34)37)12-10-43-39(48)45-41-23-30-16-31(24-41)18-32(17-30)25-41/h1-8,19,27-32H,9-18,20-26H2,(H2,42,44,47)(H2,43,45,48). The van der Waals surface area contributed by atoms with E-state index in [4.69, 9.17) is 0 Å². The van der Waals surface area contributed by atoms with Crippen LogP contribution in [0.25, 0.3) is 21.5 Å². The predicted molar refractivity (Wildman–Crippen MR) is 192 cm³/mol.